The number of aromatic nitrogens is 1. The van der Waals surface area contributed by atoms with Crippen molar-refractivity contribution in [3.63, 3.8) is 0 Å². The van der Waals surface area contributed by atoms with Crippen molar-refractivity contribution in [2.24, 2.45) is 5.41 Å². The molecule has 1 heteroatoms. The van der Waals surface area contributed by atoms with Gasteiger partial charge in [-0.1, -0.05) is 11.8 Å². The topological polar surface area (TPSA) is 12.9 Å². The second-order valence-electron chi connectivity index (χ2n) is 3.74. The fourth-order valence-corrected chi connectivity index (χ4v) is 0.695. The standard InChI is InChI=1S/C11H13N/c1-11(2,3)7-4-10-5-8-12-9-6-10/h5-6,8-9H,1-3H3. The van der Waals surface area contributed by atoms with Gasteiger partial charge in [0.15, 0.2) is 0 Å². The molecular formula is C11H13N. The molecule has 0 amide bonds. The Bertz CT molecular complexity index is 295. The molecule has 0 saturated heterocycles. The minimum atomic E-state index is 0.0727. The van der Waals surface area contributed by atoms with Gasteiger partial charge in [-0.3, -0.25) is 4.98 Å². The molecule has 1 aromatic heterocycles. The molecule has 62 valence electrons. The lowest BCUT2D eigenvalue weighted by molar-refractivity contribution is 0.571. The second kappa shape index (κ2) is 3.40. The largest absolute Gasteiger partial charge is 0.265 e. The highest BCUT2D eigenvalue weighted by Gasteiger charge is 2.02. The first-order valence-electron chi connectivity index (χ1n) is 4.01. The number of hydrogen-bond donors (Lipinski definition) is 0. The molecule has 0 spiro atoms. The summed E-state index contributed by atoms with van der Waals surface area (Å²) in [7, 11) is 0. The SMILES string of the molecule is CC(C)(C)C#Cc1ccncc1. The van der Waals surface area contributed by atoms with Gasteiger partial charge in [0.25, 0.3) is 0 Å². The summed E-state index contributed by atoms with van der Waals surface area (Å²) in [5, 5.41) is 0. The summed E-state index contributed by atoms with van der Waals surface area (Å²) >= 11 is 0. The van der Waals surface area contributed by atoms with E-state index in [9.17, 15) is 0 Å². The van der Waals surface area contributed by atoms with E-state index in [4.69, 9.17) is 0 Å². The van der Waals surface area contributed by atoms with Crippen LogP contribution in [0.25, 0.3) is 0 Å². The maximum absolute atomic E-state index is 3.92. The zero-order chi connectivity index (χ0) is 9.03. The van der Waals surface area contributed by atoms with Gasteiger partial charge in [-0.15, -0.1) is 0 Å². The summed E-state index contributed by atoms with van der Waals surface area (Å²) in [6, 6.07) is 3.83. The highest BCUT2D eigenvalue weighted by Crippen LogP contribution is 2.10. The van der Waals surface area contributed by atoms with E-state index < -0.39 is 0 Å². The Kier molecular flexibility index (Phi) is 2.50. The van der Waals surface area contributed by atoms with Gasteiger partial charge >= 0.3 is 0 Å². The van der Waals surface area contributed by atoms with Crippen LogP contribution in [-0.4, -0.2) is 4.98 Å². The number of hydrogen-bond acceptors (Lipinski definition) is 1. The third-order valence-corrected chi connectivity index (χ3v) is 1.26. The predicted molar refractivity (Wildman–Crippen MR) is 50.6 cm³/mol. The Morgan fingerprint density at radius 1 is 1.17 bits per heavy atom. The predicted octanol–water partition coefficient (Wildman–Crippen LogP) is 2.48. The lowest BCUT2D eigenvalue weighted by atomic mass is 9.97. The summed E-state index contributed by atoms with van der Waals surface area (Å²) in [4.78, 5) is 3.92. The summed E-state index contributed by atoms with van der Waals surface area (Å²) in [5.74, 6) is 6.25. The smallest absolute Gasteiger partial charge is 0.0280 e. The van der Waals surface area contributed by atoms with Crippen LogP contribution >= 0.6 is 0 Å². The summed E-state index contributed by atoms with van der Waals surface area (Å²) < 4.78 is 0. The molecule has 0 bridgehead atoms. The minimum Gasteiger partial charge on any atom is -0.265 e. The average molecular weight is 159 g/mol. The molecular weight excluding hydrogens is 146 g/mol. The van der Waals surface area contributed by atoms with Crippen LogP contribution in [0.2, 0.25) is 0 Å². The number of rotatable bonds is 0. The highest BCUT2D eigenvalue weighted by molar-refractivity contribution is 5.33. The summed E-state index contributed by atoms with van der Waals surface area (Å²) in [6.07, 6.45) is 3.51. The van der Waals surface area contributed by atoms with Crippen molar-refractivity contribution in [1.29, 1.82) is 0 Å². The first-order chi connectivity index (χ1) is 5.58. The lowest BCUT2D eigenvalue weighted by Gasteiger charge is -2.06. The van der Waals surface area contributed by atoms with Crippen LogP contribution in [0.5, 0.6) is 0 Å². The van der Waals surface area contributed by atoms with Crippen molar-refractivity contribution in [3.8, 4) is 11.8 Å². The van der Waals surface area contributed by atoms with Crippen LogP contribution in [0.3, 0.4) is 0 Å². The van der Waals surface area contributed by atoms with E-state index in [1.807, 2.05) is 12.1 Å². The van der Waals surface area contributed by atoms with Gasteiger partial charge in [0.2, 0.25) is 0 Å². The maximum Gasteiger partial charge on any atom is 0.0280 e. The fourth-order valence-electron chi connectivity index (χ4n) is 0.695. The molecule has 12 heavy (non-hydrogen) atoms. The van der Waals surface area contributed by atoms with Gasteiger partial charge in [-0.2, -0.15) is 0 Å². The van der Waals surface area contributed by atoms with E-state index in [-0.39, 0.29) is 5.41 Å². The van der Waals surface area contributed by atoms with Crippen LogP contribution in [0.1, 0.15) is 26.3 Å². The molecule has 0 saturated carbocycles. The normalized spacial score (nSPS) is 10.2. The Morgan fingerprint density at radius 3 is 2.25 bits per heavy atom. The molecule has 0 radical (unpaired) electrons. The van der Waals surface area contributed by atoms with Crippen LogP contribution in [0.4, 0.5) is 0 Å². The molecule has 0 N–H and O–H groups in total. The third-order valence-electron chi connectivity index (χ3n) is 1.26. The van der Waals surface area contributed by atoms with E-state index in [0.717, 1.165) is 5.56 Å². The average Bonchev–Trinajstić information content (AvgIpc) is 2.02. The van der Waals surface area contributed by atoms with Gasteiger partial charge < -0.3 is 0 Å². The highest BCUT2D eigenvalue weighted by atomic mass is 14.6. The molecule has 1 heterocycles. The Balaban J connectivity index is 2.81. The quantitative estimate of drug-likeness (QED) is 0.530. The molecule has 1 rings (SSSR count). The van der Waals surface area contributed by atoms with E-state index in [1.54, 1.807) is 12.4 Å². The van der Waals surface area contributed by atoms with Crippen molar-refractivity contribution < 1.29 is 0 Å². The number of nitrogens with zero attached hydrogens (tertiary/aromatic N) is 1. The van der Waals surface area contributed by atoms with Crippen LogP contribution in [-0.2, 0) is 0 Å². The van der Waals surface area contributed by atoms with Crippen LogP contribution in [0, 0.1) is 17.3 Å². The van der Waals surface area contributed by atoms with Gasteiger partial charge in [0, 0.05) is 23.4 Å². The number of pyridine rings is 1. The Morgan fingerprint density at radius 2 is 1.75 bits per heavy atom. The van der Waals surface area contributed by atoms with E-state index in [2.05, 4.69) is 37.6 Å². The lowest BCUT2D eigenvalue weighted by Crippen LogP contribution is -1.99. The van der Waals surface area contributed by atoms with Crippen LogP contribution in [0.15, 0.2) is 24.5 Å². The Hall–Kier alpha value is -1.29. The molecule has 0 fully saturated rings. The van der Waals surface area contributed by atoms with Crippen molar-refractivity contribution >= 4 is 0 Å². The van der Waals surface area contributed by atoms with Crippen molar-refractivity contribution in [1.82, 2.24) is 4.98 Å². The molecule has 0 atom stereocenters. The van der Waals surface area contributed by atoms with Gasteiger partial charge in [-0.25, -0.2) is 0 Å². The van der Waals surface area contributed by atoms with E-state index >= 15 is 0 Å². The summed E-state index contributed by atoms with van der Waals surface area (Å²) in [6.45, 7) is 6.30. The molecule has 1 nitrogen and oxygen atoms in total. The third kappa shape index (κ3) is 3.21. The van der Waals surface area contributed by atoms with Crippen molar-refractivity contribution in [2.45, 2.75) is 20.8 Å². The maximum atomic E-state index is 3.92. The molecule has 0 unspecified atom stereocenters. The van der Waals surface area contributed by atoms with E-state index in [1.165, 1.54) is 0 Å². The van der Waals surface area contributed by atoms with Gasteiger partial charge in [-0.05, 0) is 32.9 Å². The first-order valence-corrected chi connectivity index (χ1v) is 4.01. The molecule has 1 aromatic rings. The zero-order valence-corrected chi connectivity index (χ0v) is 7.76. The Labute approximate surface area is 73.8 Å². The molecule has 0 aliphatic rings. The zero-order valence-electron chi connectivity index (χ0n) is 7.76. The van der Waals surface area contributed by atoms with E-state index in [0.29, 0.717) is 0 Å². The first kappa shape index (κ1) is 8.80. The molecule has 0 aliphatic carbocycles. The summed E-state index contributed by atoms with van der Waals surface area (Å²) in [5.41, 5.74) is 1.10. The molecule has 0 aliphatic heterocycles. The van der Waals surface area contributed by atoms with Gasteiger partial charge in [0.05, 0.1) is 0 Å². The fraction of sp³-hybridized carbons (Fsp3) is 0.364. The van der Waals surface area contributed by atoms with Crippen molar-refractivity contribution in [2.75, 3.05) is 0 Å². The van der Waals surface area contributed by atoms with Crippen LogP contribution < -0.4 is 0 Å². The monoisotopic (exact) mass is 159 g/mol. The van der Waals surface area contributed by atoms with Gasteiger partial charge in [0.1, 0.15) is 0 Å². The molecule has 0 aromatic carbocycles. The minimum absolute atomic E-state index is 0.0727. The second-order valence-corrected chi connectivity index (χ2v) is 3.74. The van der Waals surface area contributed by atoms with Crippen molar-refractivity contribution in [3.05, 3.63) is 30.1 Å².